The molecular formula is C13H22BBrO2. The van der Waals surface area contributed by atoms with Gasteiger partial charge in [0.15, 0.2) is 0 Å². The standard InChI is InChI=1S/C13H22BBrO2/c1-12(2)9-7-10(12)13(3)11(8-9)16-14(17-13)5-4-6-15/h9-11H,4-8H2,1-3H3/t9-,10-,11-,13-/m0/s1. The molecule has 0 radical (unpaired) electrons. The van der Waals surface area contributed by atoms with E-state index < -0.39 is 0 Å². The highest BCUT2D eigenvalue weighted by atomic mass is 79.9. The molecule has 4 heteroatoms. The molecule has 0 unspecified atom stereocenters. The maximum Gasteiger partial charge on any atom is 0.457 e. The quantitative estimate of drug-likeness (QED) is 0.587. The summed E-state index contributed by atoms with van der Waals surface area (Å²) >= 11 is 3.47. The van der Waals surface area contributed by atoms with E-state index in [0.29, 0.717) is 17.4 Å². The van der Waals surface area contributed by atoms with Crippen LogP contribution in [0.5, 0.6) is 0 Å². The van der Waals surface area contributed by atoms with Crippen LogP contribution < -0.4 is 0 Å². The van der Waals surface area contributed by atoms with Gasteiger partial charge < -0.3 is 9.31 Å². The molecule has 4 aliphatic rings. The summed E-state index contributed by atoms with van der Waals surface area (Å²) in [6.07, 6.45) is 5.04. The fourth-order valence-electron chi connectivity index (χ4n) is 4.32. The zero-order chi connectivity index (χ0) is 12.3. The topological polar surface area (TPSA) is 18.5 Å². The normalized spacial score (nSPS) is 46.6. The summed E-state index contributed by atoms with van der Waals surface area (Å²) in [6, 6.07) is 0. The molecule has 0 aromatic rings. The van der Waals surface area contributed by atoms with Crippen molar-refractivity contribution < 1.29 is 9.31 Å². The Morgan fingerprint density at radius 2 is 2.06 bits per heavy atom. The van der Waals surface area contributed by atoms with Crippen LogP contribution in [-0.2, 0) is 9.31 Å². The summed E-state index contributed by atoms with van der Waals surface area (Å²) in [7, 11) is 0.0395. The first-order valence-electron chi connectivity index (χ1n) is 6.87. The molecule has 0 N–H and O–H groups in total. The number of alkyl halides is 1. The largest absolute Gasteiger partial charge is 0.457 e. The molecule has 1 aliphatic heterocycles. The molecule has 1 saturated heterocycles. The van der Waals surface area contributed by atoms with Gasteiger partial charge in [-0.1, -0.05) is 29.8 Å². The van der Waals surface area contributed by atoms with E-state index in [2.05, 4.69) is 36.7 Å². The maximum absolute atomic E-state index is 6.30. The Morgan fingerprint density at radius 3 is 2.71 bits per heavy atom. The Hall–Kier alpha value is 0.465. The molecule has 2 nitrogen and oxygen atoms in total. The zero-order valence-electron chi connectivity index (χ0n) is 11.0. The summed E-state index contributed by atoms with van der Waals surface area (Å²) in [5, 5.41) is 1.04. The van der Waals surface area contributed by atoms with Gasteiger partial charge in [0.2, 0.25) is 0 Å². The SMILES string of the molecule is CC1(C)[C@@H]2C[C@@H]3OB(CCCBr)O[C@@]3(C)[C@H]1C2. The van der Waals surface area contributed by atoms with Crippen LogP contribution in [0.3, 0.4) is 0 Å². The summed E-state index contributed by atoms with van der Waals surface area (Å²) in [6.45, 7) is 7.10. The fourth-order valence-corrected chi connectivity index (χ4v) is 4.64. The van der Waals surface area contributed by atoms with Gasteiger partial charge in [-0.15, -0.1) is 0 Å². The van der Waals surface area contributed by atoms with Crippen molar-refractivity contribution in [2.24, 2.45) is 17.3 Å². The second kappa shape index (κ2) is 3.98. The van der Waals surface area contributed by atoms with Gasteiger partial charge in [-0.2, -0.15) is 0 Å². The highest BCUT2D eigenvalue weighted by molar-refractivity contribution is 9.09. The molecule has 2 bridgehead atoms. The van der Waals surface area contributed by atoms with Gasteiger partial charge in [-0.05, 0) is 49.8 Å². The number of rotatable bonds is 3. The molecule has 4 atom stereocenters. The lowest BCUT2D eigenvalue weighted by Gasteiger charge is -2.64. The summed E-state index contributed by atoms with van der Waals surface area (Å²) in [4.78, 5) is 0. The van der Waals surface area contributed by atoms with Crippen LogP contribution in [0, 0.1) is 17.3 Å². The van der Waals surface area contributed by atoms with E-state index in [1.54, 1.807) is 0 Å². The van der Waals surface area contributed by atoms with Crippen molar-refractivity contribution in [3.05, 3.63) is 0 Å². The van der Waals surface area contributed by atoms with E-state index in [-0.39, 0.29) is 12.7 Å². The van der Waals surface area contributed by atoms with Crippen molar-refractivity contribution in [3.8, 4) is 0 Å². The lowest BCUT2D eigenvalue weighted by molar-refractivity contribution is -0.199. The third-order valence-electron chi connectivity index (χ3n) is 5.58. The van der Waals surface area contributed by atoms with Gasteiger partial charge in [0.1, 0.15) is 0 Å². The lowest BCUT2D eigenvalue weighted by atomic mass is 9.43. The monoisotopic (exact) mass is 300 g/mol. The van der Waals surface area contributed by atoms with Crippen LogP contribution >= 0.6 is 15.9 Å². The predicted octanol–water partition coefficient (Wildman–Crippen LogP) is 3.50. The van der Waals surface area contributed by atoms with Gasteiger partial charge in [-0.25, -0.2) is 0 Å². The minimum absolute atomic E-state index is 0.0186. The first kappa shape index (κ1) is 12.5. The molecule has 0 spiro atoms. The molecule has 3 saturated carbocycles. The van der Waals surface area contributed by atoms with E-state index >= 15 is 0 Å². The summed E-state index contributed by atoms with van der Waals surface area (Å²) in [5.41, 5.74) is 0.439. The van der Waals surface area contributed by atoms with Gasteiger partial charge in [0, 0.05) is 5.33 Å². The van der Waals surface area contributed by atoms with E-state index in [9.17, 15) is 0 Å². The molecule has 17 heavy (non-hydrogen) atoms. The Bertz CT molecular complexity index is 323. The van der Waals surface area contributed by atoms with Gasteiger partial charge in [0.05, 0.1) is 11.7 Å². The Balaban J connectivity index is 1.73. The van der Waals surface area contributed by atoms with Crippen LogP contribution in [0.4, 0.5) is 0 Å². The van der Waals surface area contributed by atoms with Gasteiger partial charge in [0.25, 0.3) is 0 Å². The van der Waals surface area contributed by atoms with E-state index in [4.69, 9.17) is 9.31 Å². The second-order valence-electron chi connectivity index (χ2n) is 6.73. The first-order chi connectivity index (χ1) is 7.98. The predicted molar refractivity (Wildman–Crippen MR) is 73.3 cm³/mol. The maximum atomic E-state index is 6.30. The van der Waals surface area contributed by atoms with Crippen LogP contribution in [0.1, 0.15) is 40.0 Å². The van der Waals surface area contributed by atoms with Gasteiger partial charge >= 0.3 is 7.12 Å². The van der Waals surface area contributed by atoms with Crippen LogP contribution in [-0.4, -0.2) is 24.2 Å². The van der Waals surface area contributed by atoms with Crippen molar-refractivity contribution in [3.63, 3.8) is 0 Å². The summed E-state index contributed by atoms with van der Waals surface area (Å²) < 4.78 is 12.4. The molecule has 0 aromatic carbocycles. The highest BCUT2D eigenvalue weighted by Gasteiger charge is 2.67. The van der Waals surface area contributed by atoms with Crippen molar-refractivity contribution in [2.75, 3.05) is 5.33 Å². The molecule has 4 rings (SSSR count). The van der Waals surface area contributed by atoms with Crippen LogP contribution in [0.2, 0.25) is 6.32 Å². The van der Waals surface area contributed by atoms with Crippen molar-refractivity contribution in [2.45, 2.75) is 58.1 Å². The second-order valence-corrected chi connectivity index (χ2v) is 7.52. The molecule has 96 valence electrons. The summed E-state index contributed by atoms with van der Waals surface area (Å²) in [5.74, 6) is 1.54. The van der Waals surface area contributed by atoms with E-state index in [0.717, 1.165) is 24.0 Å². The molecule has 1 heterocycles. The smallest absolute Gasteiger partial charge is 0.405 e. The Morgan fingerprint density at radius 1 is 1.29 bits per heavy atom. The first-order valence-corrected chi connectivity index (χ1v) is 8.00. The van der Waals surface area contributed by atoms with E-state index in [1.807, 2.05) is 0 Å². The number of hydrogen-bond acceptors (Lipinski definition) is 2. The number of halogens is 1. The number of hydrogen-bond donors (Lipinski definition) is 0. The molecule has 4 fully saturated rings. The third-order valence-corrected chi connectivity index (χ3v) is 6.14. The molecule has 0 aromatic heterocycles. The fraction of sp³-hybridized carbons (Fsp3) is 1.00. The average Bonchev–Trinajstić information content (AvgIpc) is 2.61. The van der Waals surface area contributed by atoms with Crippen molar-refractivity contribution >= 4 is 23.0 Å². The Labute approximate surface area is 113 Å². The Kier molecular flexibility index (Phi) is 2.92. The zero-order valence-corrected chi connectivity index (χ0v) is 12.6. The minimum Gasteiger partial charge on any atom is -0.405 e. The van der Waals surface area contributed by atoms with Crippen molar-refractivity contribution in [1.29, 1.82) is 0 Å². The highest BCUT2D eigenvalue weighted by Crippen LogP contribution is 2.65. The minimum atomic E-state index is -0.0186. The third kappa shape index (κ3) is 1.67. The van der Waals surface area contributed by atoms with Crippen LogP contribution in [0.15, 0.2) is 0 Å². The molecule has 0 amide bonds. The molecule has 3 aliphatic carbocycles. The van der Waals surface area contributed by atoms with Crippen LogP contribution in [0.25, 0.3) is 0 Å². The van der Waals surface area contributed by atoms with Crippen molar-refractivity contribution in [1.82, 2.24) is 0 Å². The molecular weight excluding hydrogens is 279 g/mol. The average molecular weight is 301 g/mol. The van der Waals surface area contributed by atoms with Gasteiger partial charge in [-0.3, -0.25) is 0 Å². The lowest BCUT2D eigenvalue weighted by Crippen LogP contribution is -2.65. The van der Waals surface area contributed by atoms with E-state index in [1.165, 1.54) is 12.8 Å².